The Bertz CT molecular complexity index is 672. The van der Waals surface area contributed by atoms with Crippen molar-refractivity contribution in [3.05, 3.63) is 29.3 Å². The number of thiol groups is 1. The Morgan fingerprint density at radius 1 is 0.553 bits per heavy atom. The van der Waals surface area contributed by atoms with Gasteiger partial charge in [0, 0.05) is 5.69 Å². The molecule has 1 rings (SSSR count). The van der Waals surface area contributed by atoms with E-state index in [1.807, 2.05) is 0 Å². The van der Waals surface area contributed by atoms with Crippen molar-refractivity contribution in [3.8, 4) is 0 Å². The number of rotatable bonds is 27. The van der Waals surface area contributed by atoms with E-state index in [1.165, 1.54) is 177 Å². The standard InChI is InChI=1S/C35H63NS2/c1-3-5-7-9-11-13-15-17-19-21-23-25-28-32-29-27-31-34(36-35(37)38)33(32)30-26-24-22-20-18-16-14-12-10-8-6-4-2/h27,29,31H,3-26,28,30H2,1-2H3,(H2,36,37,38). The Labute approximate surface area is 249 Å². The predicted molar refractivity (Wildman–Crippen MR) is 181 cm³/mol. The van der Waals surface area contributed by atoms with Crippen LogP contribution >= 0.6 is 24.8 Å². The van der Waals surface area contributed by atoms with Gasteiger partial charge < -0.3 is 5.32 Å². The Morgan fingerprint density at radius 3 is 1.32 bits per heavy atom. The summed E-state index contributed by atoms with van der Waals surface area (Å²) in [6, 6.07) is 6.72. The summed E-state index contributed by atoms with van der Waals surface area (Å²) >= 11 is 9.61. The van der Waals surface area contributed by atoms with Gasteiger partial charge in [0.1, 0.15) is 4.32 Å². The van der Waals surface area contributed by atoms with E-state index in [2.05, 4.69) is 50.0 Å². The quantitative estimate of drug-likeness (QED) is 0.0629. The average Bonchev–Trinajstić information content (AvgIpc) is 2.90. The van der Waals surface area contributed by atoms with Gasteiger partial charge >= 0.3 is 0 Å². The second-order valence-corrected chi connectivity index (χ2v) is 12.8. The maximum absolute atomic E-state index is 5.26. The van der Waals surface area contributed by atoms with Gasteiger partial charge in [-0.1, -0.05) is 179 Å². The van der Waals surface area contributed by atoms with Crippen LogP contribution in [-0.4, -0.2) is 4.32 Å². The Kier molecular flexibility index (Phi) is 24.9. The van der Waals surface area contributed by atoms with Gasteiger partial charge in [0.2, 0.25) is 0 Å². The minimum absolute atomic E-state index is 0.573. The van der Waals surface area contributed by atoms with Crippen LogP contribution in [0.3, 0.4) is 0 Å². The Hall–Kier alpha value is -0.540. The highest BCUT2D eigenvalue weighted by molar-refractivity contribution is 8.11. The van der Waals surface area contributed by atoms with Crippen LogP contribution in [0.4, 0.5) is 5.69 Å². The topological polar surface area (TPSA) is 12.0 Å². The van der Waals surface area contributed by atoms with E-state index < -0.39 is 0 Å². The van der Waals surface area contributed by atoms with Crippen LogP contribution in [0.15, 0.2) is 18.2 Å². The summed E-state index contributed by atoms with van der Waals surface area (Å²) in [6.07, 6.45) is 36.0. The number of nitrogens with one attached hydrogen (secondary N) is 1. The molecular formula is C35H63NS2. The molecule has 0 atom stereocenters. The van der Waals surface area contributed by atoms with Crippen molar-refractivity contribution in [1.29, 1.82) is 0 Å². The summed E-state index contributed by atoms with van der Waals surface area (Å²) in [4.78, 5) is 0. The van der Waals surface area contributed by atoms with Gasteiger partial charge in [0.05, 0.1) is 0 Å². The fourth-order valence-electron chi connectivity index (χ4n) is 5.70. The third kappa shape index (κ3) is 20.4. The summed E-state index contributed by atoms with van der Waals surface area (Å²) in [5.74, 6) is 0. The molecule has 1 aromatic rings. The number of anilines is 1. The number of unbranched alkanes of at least 4 members (excludes halogenated alkanes) is 22. The molecule has 0 amide bonds. The number of thiocarbonyl (C=S) groups is 1. The first kappa shape index (κ1) is 35.5. The van der Waals surface area contributed by atoms with Crippen LogP contribution in [0, 0.1) is 0 Å². The normalized spacial score (nSPS) is 11.2. The first-order valence-corrected chi connectivity index (χ1v) is 17.6. The highest BCUT2D eigenvalue weighted by Gasteiger charge is 2.09. The van der Waals surface area contributed by atoms with Crippen LogP contribution in [0.5, 0.6) is 0 Å². The first-order chi connectivity index (χ1) is 18.7. The average molecular weight is 562 g/mol. The molecule has 1 aromatic carbocycles. The van der Waals surface area contributed by atoms with Gasteiger partial charge in [0.15, 0.2) is 0 Å². The Balaban J connectivity index is 2.25. The van der Waals surface area contributed by atoms with E-state index in [9.17, 15) is 0 Å². The molecule has 0 saturated heterocycles. The Morgan fingerprint density at radius 2 is 0.921 bits per heavy atom. The minimum atomic E-state index is 0.573. The van der Waals surface area contributed by atoms with E-state index in [4.69, 9.17) is 12.2 Å². The minimum Gasteiger partial charge on any atom is -0.341 e. The monoisotopic (exact) mass is 561 g/mol. The molecule has 0 fully saturated rings. The molecule has 0 heterocycles. The van der Waals surface area contributed by atoms with Crippen LogP contribution in [-0.2, 0) is 12.8 Å². The summed E-state index contributed by atoms with van der Waals surface area (Å²) in [5, 5.41) is 3.35. The molecule has 0 aliphatic heterocycles. The van der Waals surface area contributed by atoms with Crippen LogP contribution in [0.1, 0.15) is 179 Å². The predicted octanol–water partition coefficient (Wildman–Crippen LogP) is 12.8. The molecule has 0 aliphatic carbocycles. The molecule has 0 aromatic heterocycles. The molecule has 220 valence electrons. The first-order valence-electron chi connectivity index (χ1n) is 16.8. The molecule has 0 spiro atoms. The highest BCUT2D eigenvalue weighted by Crippen LogP contribution is 2.26. The zero-order valence-corrected chi connectivity index (χ0v) is 27.2. The second-order valence-electron chi connectivity index (χ2n) is 11.7. The van der Waals surface area contributed by atoms with Crippen molar-refractivity contribution in [2.45, 2.75) is 181 Å². The number of hydrogen-bond donors (Lipinski definition) is 2. The van der Waals surface area contributed by atoms with E-state index in [0.29, 0.717) is 4.32 Å². The van der Waals surface area contributed by atoms with Crippen LogP contribution in [0.25, 0.3) is 0 Å². The summed E-state index contributed by atoms with van der Waals surface area (Å²) in [6.45, 7) is 4.59. The smallest absolute Gasteiger partial charge is 0.135 e. The second kappa shape index (κ2) is 26.7. The SMILES string of the molecule is CCCCCCCCCCCCCCc1cccc(NC(=S)S)c1CCCCCCCCCCCCCC. The van der Waals surface area contributed by atoms with Crippen molar-refractivity contribution in [2.75, 3.05) is 5.32 Å². The maximum atomic E-state index is 5.26. The lowest BCUT2D eigenvalue weighted by atomic mass is 9.94. The molecule has 0 saturated carbocycles. The molecule has 3 heteroatoms. The van der Waals surface area contributed by atoms with Gasteiger partial charge in [-0.05, 0) is 42.9 Å². The molecule has 1 N–H and O–H groups in total. The van der Waals surface area contributed by atoms with Gasteiger partial charge in [-0.25, -0.2) is 0 Å². The lowest BCUT2D eigenvalue weighted by molar-refractivity contribution is 0.542. The van der Waals surface area contributed by atoms with E-state index in [1.54, 1.807) is 0 Å². The summed E-state index contributed by atoms with van der Waals surface area (Å²) < 4.78 is 0.573. The van der Waals surface area contributed by atoms with Gasteiger partial charge in [0.25, 0.3) is 0 Å². The molecule has 0 bridgehead atoms. The fraction of sp³-hybridized carbons (Fsp3) is 0.800. The van der Waals surface area contributed by atoms with Gasteiger partial charge in [-0.15, -0.1) is 12.6 Å². The number of benzene rings is 1. The highest BCUT2D eigenvalue weighted by atomic mass is 32.1. The van der Waals surface area contributed by atoms with Crippen molar-refractivity contribution >= 4 is 34.9 Å². The summed E-state index contributed by atoms with van der Waals surface area (Å²) in [7, 11) is 0. The van der Waals surface area contributed by atoms with Crippen LogP contribution in [0.2, 0.25) is 0 Å². The molecule has 0 unspecified atom stereocenters. The molecule has 0 radical (unpaired) electrons. The third-order valence-corrected chi connectivity index (χ3v) is 8.31. The lowest BCUT2D eigenvalue weighted by Crippen LogP contribution is -2.07. The summed E-state index contributed by atoms with van der Waals surface area (Å²) in [5.41, 5.74) is 4.19. The zero-order chi connectivity index (χ0) is 27.5. The van der Waals surface area contributed by atoms with Gasteiger partial charge in [-0.3, -0.25) is 0 Å². The van der Waals surface area contributed by atoms with E-state index >= 15 is 0 Å². The third-order valence-electron chi connectivity index (χ3n) is 8.09. The van der Waals surface area contributed by atoms with E-state index in [0.717, 1.165) is 6.42 Å². The van der Waals surface area contributed by atoms with Crippen molar-refractivity contribution < 1.29 is 0 Å². The molecule has 1 nitrogen and oxygen atoms in total. The van der Waals surface area contributed by atoms with Crippen molar-refractivity contribution in [3.63, 3.8) is 0 Å². The number of aryl methyl sites for hydroxylation is 1. The van der Waals surface area contributed by atoms with Gasteiger partial charge in [-0.2, -0.15) is 0 Å². The largest absolute Gasteiger partial charge is 0.341 e. The molecule has 0 aliphatic rings. The van der Waals surface area contributed by atoms with Crippen molar-refractivity contribution in [1.82, 2.24) is 0 Å². The maximum Gasteiger partial charge on any atom is 0.135 e. The van der Waals surface area contributed by atoms with Crippen LogP contribution < -0.4 is 5.32 Å². The fourth-order valence-corrected chi connectivity index (χ4v) is 5.93. The lowest BCUT2D eigenvalue weighted by Gasteiger charge is -2.16. The molecule has 38 heavy (non-hydrogen) atoms. The van der Waals surface area contributed by atoms with Crippen molar-refractivity contribution in [2.24, 2.45) is 0 Å². The number of hydrogen-bond acceptors (Lipinski definition) is 1. The molecular weight excluding hydrogens is 499 g/mol. The zero-order valence-electron chi connectivity index (χ0n) is 25.5. The van der Waals surface area contributed by atoms with E-state index in [-0.39, 0.29) is 0 Å².